The first-order valence-electron chi connectivity index (χ1n) is 7.01. The maximum absolute atomic E-state index is 9.94. The third-order valence-corrected chi connectivity index (χ3v) is 4.46. The smallest absolute Gasteiger partial charge is 0.0693 e. The number of nitrogens with zero attached hydrogens (tertiary/aromatic N) is 1. The molecule has 0 spiro atoms. The molecule has 0 aromatic heterocycles. The van der Waals surface area contributed by atoms with Crippen LogP contribution in [0.1, 0.15) is 44.9 Å². The highest BCUT2D eigenvalue weighted by molar-refractivity contribution is 4.94. The maximum atomic E-state index is 9.94. The third kappa shape index (κ3) is 2.41. The van der Waals surface area contributed by atoms with Gasteiger partial charge in [0.15, 0.2) is 0 Å². The van der Waals surface area contributed by atoms with Crippen molar-refractivity contribution in [2.24, 2.45) is 0 Å². The summed E-state index contributed by atoms with van der Waals surface area (Å²) in [6, 6.07) is 1.92. The van der Waals surface area contributed by atoms with Gasteiger partial charge in [0, 0.05) is 31.2 Å². The van der Waals surface area contributed by atoms with Crippen molar-refractivity contribution in [2.45, 2.75) is 69.2 Å². The average Bonchev–Trinajstić information content (AvgIpc) is 3.03. The molecule has 3 heteroatoms. The highest BCUT2D eigenvalue weighted by atomic mass is 16.3. The van der Waals surface area contributed by atoms with Gasteiger partial charge in [-0.15, -0.1) is 0 Å². The molecule has 1 unspecified atom stereocenters. The number of hydrogen-bond donors (Lipinski definition) is 2. The Labute approximate surface area is 98.2 Å². The number of aliphatic hydroxyl groups is 1. The van der Waals surface area contributed by atoms with Crippen LogP contribution in [0.4, 0.5) is 0 Å². The van der Waals surface area contributed by atoms with Crippen LogP contribution in [0, 0.1) is 0 Å². The lowest BCUT2D eigenvalue weighted by atomic mass is 9.92. The Balaban J connectivity index is 1.47. The van der Waals surface area contributed by atoms with Crippen LogP contribution in [0.15, 0.2) is 0 Å². The first-order chi connectivity index (χ1) is 7.83. The molecule has 1 heterocycles. The Hall–Kier alpha value is -0.120. The van der Waals surface area contributed by atoms with Gasteiger partial charge < -0.3 is 10.4 Å². The summed E-state index contributed by atoms with van der Waals surface area (Å²) in [6.45, 7) is 2.49. The van der Waals surface area contributed by atoms with Crippen LogP contribution in [-0.2, 0) is 0 Å². The topological polar surface area (TPSA) is 35.5 Å². The number of nitrogens with one attached hydrogen (secondary N) is 1. The van der Waals surface area contributed by atoms with Crippen LogP contribution in [0.3, 0.4) is 0 Å². The molecule has 3 nitrogen and oxygen atoms in total. The number of hydrogen-bond acceptors (Lipinski definition) is 3. The minimum absolute atomic E-state index is 0.0938. The van der Waals surface area contributed by atoms with Crippen molar-refractivity contribution >= 4 is 0 Å². The molecular weight excluding hydrogens is 200 g/mol. The molecule has 3 aliphatic rings. The molecule has 16 heavy (non-hydrogen) atoms. The second-order valence-corrected chi connectivity index (χ2v) is 5.84. The SMILES string of the molecule is O[C@@H]1CCCC[C@H]1NC1CCN(C2CC2)C1. The Morgan fingerprint density at radius 2 is 1.81 bits per heavy atom. The quantitative estimate of drug-likeness (QED) is 0.754. The highest BCUT2D eigenvalue weighted by Crippen LogP contribution is 2.30. The fraction of sp³-hybridized carbons (Fsp3) is 1.00. The predicted molar refractivity (Wildman–Crippen MR) is 64.4 cm³/mol. The van der Waals surface area contributed by atoms with E-state index in [1.165, 1.54) is 51.6 Å². The first kappa shape index (κ1) is 11.0. The van der Waals surface area contributed by atoms with Crippen molar-refractivity contribution in [2.75, 3.05) is 13.1 Å². The Kier molecular flexibility index (Phi) is 3.18. The van der Waals surface area contributed by atoms with Gasteiger partial charge in [-0.1, -0.05) is 12.8 Å². The van der Waals surface area contributed by atoms with E-state index in [-0.39, 0.29) is 6.10 Å². The molecule has 1 saturated heterocycles. The lowest BCUT2D eigenvalue weighted by molar-refractivity contribution is 0.0851. The summed E-state index contributed by atoms with van der Waals surface area (Å²) in [7, 11) is 0. The highest BCUT2D eigenvalue weighted by Gasteiger charge is 2.35. The molecule has 0 radical (unpaired) electrons. The van der Waals surface area contributed by atoms with Crippen LogP contribution in [0.25, 0.3) is 0 Å². The minimum Gasteiger partial charge on any atom is -0.392 e. The van der Waals surface area contributed by atoms with E-state index >= 15 is 0 Å². The molecule has 3 atom stereocenters. The van der Waals surface area contributed by atoms with E-state index < -0.39 is 0 Å². The Morgan fingerprint density at radius 1 is 1.00 bits per heavy atom. The molecule has 3 fully saturated rings. The largest absolute Gasteiger partial charge is 0.392 e. The van der Waals surface area contributed by atoms with E-state index in [2.05, 4.69) is 10.2 Å². The number of aliphatic hydroxyl groups excluding tert-OH is 1. The van der Waals surface area contributed by atoms with Crippen LogP contribution in [-0.4, -0.2) is 47.3 Å². The van der Waals surface area contributed by atoms with Crippen LogP contribution in [0.5, 0.6) is 0 Å². The average molecular weight is 224 g/mol. The Bertz CT molecular complexity index is 242. The van der Waals surface area contributed by atoms with E-state index in [0.717, 1.165) is 12.5 Å². The van der Waals surface area contributed by atoms with E-state index in [1.54, 1.807) is 0 Å². The summed E-state index contributed by atoms with van der Waals surface area (Å²) in [5, 5.41) is 13.6. The van der Waals surface area contributed by atoms with Crippen molar-refractivity contribution in [1.29, 1.82) is 0 Å². The van der Waals surface area contributed by atoms with Gasteiger partial charge in [-0.3, -0.25) is 4.90 Å². The van der Waals surface area contributed by atoms with Crippen LogP contribution < -0.4 is 5.32 Å². The second-order valence-electron chi connectivity index (χ2n) is 5.84. The molecule has 0 amide bonds. The van der Waals surface area contributed by atoms with Gasteiger partial charge in [-0.25, -0.2) is 0 Å². The first-order valence-corrected chi connectivity index (χ1v) is 7.01. The summed E-state index contributed by atoms with van der Waals surface area (Å²) in [4.78, 5) is 2.63. The summed E-state index contributed by atoms with van der Waals surface area (Å²) in [5.41, 5.74) is 0. The van der Waals surface area contributed by atoms with Crippen molar-refractivity contribution < 1.29 is 5.11 Å². The van der Waals surface area contributed by atoms with Crippen molar-refractivity contribution in [3.8, 4) is 0 Å². The molecule has 92 valence electrons. The summed E-state index contributed by atoms with van der Waals surface area (Å²) < 4.78 is 0. The lowest BCUT2D eigenvalue weighted by Gasteiger charge is -2.31. The van der Waals surface area contributed by atoms with Gasteiger partial charge in [0.05, 0.1) is 6.10 Å². The third-order valence-electron chi connectivity index (χ3n) is 4.46. The van der Waals surface area contributed by atoms with Gasteiger partial charge in [0.2, 0.25) is 0 Å². The standard InChI is InChI=1S/C13H24N2O/c16-13-4-2-1-3-12(13)14-10-7-8-15(9-10)11-5-6-11/h10-14,16H,1-9H2/t10?,12-,13-/m1/s1. The van der Waals surface area contributed by atoms with E-state index in [9.17, 15) is 5.11 Å². The van der Waals surface area contributed by atoms with E-state index in [1.807, 2.05) is 0 Å². The van der Waals surface area contributed by atoms with Crippen LogP contribution >= 0.6 is 0 Å². The van der Waals surface area contributed by atoms with Gasteiger partial charge in [-0.05, 0) is 32.1 Å². The zero-order valence-electron chi connectivity index (χ0n) is 10.1. The lowest BCUT2D eigenvalue weighted by Crippen LogP contribution is -2.48. The molecule has 2 saturated carbocycles. The summed E-state index contributed by atoms with van der Waals surface area (Å²) >= 11 is 0. The minimum atomic E-state index is -0.0938. The number of likely N-dealkylation sites (tertiary alicyclic amines) is 1. The van der Waals surface area contributed by atoms with E-state index in [4.69, 9.17) is 0 Å². The molecular formula is C13H24N2O. The Morgan fingerprint density at radius 3 is 2.56 bits per heavy atom. The van der Waals surface area contributed by atoms with Gasteiger partial charge in [0.1, 0.15) is 0 Å². The van der Waals surface area contributed by atoms with Gasteiger partial charge >= 0.3 is 0 Å². The van der Waals surface area contributed by atoms with Gasteiger partial charge in [0.25, 0.3) is 0 Å². The van der Waals surface area contributed by atoms with Crippen LogP contribution in [0.2, 0.25) is 0 Å². The maximum Gasteiger partial charge on any atom is 0.0693 e. The molecule has 1 aliphatic heterocycles. The van der Waals surface area contributed by atoms with E-state index in [0.29, 0.717) is 12.1 Å². The predicted octanol–water partition coefficient (Wildman–Crippen LogP) is 1.12. The zero-order valence-corrected chi connectivity index (χ0v) is 10.1. The summed E-state index contributed by atoms with van der Waals surface area (Å²) in [6.07, 6.45) is 8.67. The fourth-order valence-corrected chi connectivity index (χ4v) is 3.30. The number of rotatable bonds is 3. The molecule has 2 aliphatic carbocycles. The fourth-order valence-electron chi connectivity index (χ4n) is 3.30. The molecule has 0 aromatic rings. The van der Waals surface area contributed by atoms with Crippen molar-refractivity contribution in [3.05, 3.63) is 0 Å². The molecule has 0 bridgehead atoms. The second kappa shape index (κ2) is 4.63. The molecule has 0 aromatic carbocycles. The van der Waals surface area contributed by atoms with Gasteiger partial charge in [-0.2, -0.15) is 0 Å². The molecule has 2 N–H and O–H groups in total. The summed E-state index contributed by atoms with van der Waals surface area (Å²) in [5.74, 6) is 0. The van der Waals surface area contributed by atoms with Crippen molar-refractivity contribution in [3.63, 3.8) is 0 Å². The molecule has 3 rings (SSSR count). The van der Waals surface area contributed by atoms with Crippen molar-refractivity contribution in [1.82, 2.24) is 10.2 Å². The zero-order chi connectivity index (χ0) is 11.0. The normalized spacial score (nSPS) is 41.4. The monoisotopic (exact) mass is 224 g/mol.